The van der Waals surface area contributed by atoms with E-state index in [0.29, 0.717) is 11.1 Å². The number of benzene rings is 2. The molecule has 0 amide bonds. The molecule has 0 aliphatic heterocycles. The average Bonchev–Trinajstić information content (AvgIpc) is 3.08. The molecule has 0 bridgehead atoms. The van der Waals surface area contributed by atoms with Crippen LogP contribution in [0.4, 0.5) is 0 Å². The van der Waals surface area contributed by atoms with Crippen LogP contribution in [0.3, 0.4) is 0 Å². The molecule has 1 atom stereocenters. The Labute approximate surface area is 161 Å². The molecule has 0 N–H and O–H groups in total. The quantitative estimate of drug-likeness (QED) is 0.462. The maximum atomic E-state index is 12.4. The molecule has 0 spiro atoms. The summed E-state index contributed by atoms with van der Waals surface area (Å²) >= 11 is 0. The molecule has 0 aliphatic carbocycles. The highest BCUT2D eigenvalue weighted by Gasteiger charge is 2.21. The molecule has 144 valence electrons. The Balaban J connectivity index is 1.64. The van der Waals surface area contributed by atoms with Gasteiger partial charge in [-0.15, -0.1) is 5.10 Å². The number of nitrogens with zero attached hydrogens (tertiary/aromatic N) is 2. The van der Waals surface area contributed by atoms with Crippen LogP contribution in [-0.4, -0.2) is 27.6 Å². The fraction of sp³-hybridized carbons (Fsp3) is 0.238. The van der Waals surface area contributed by atoms with Gasteiger partial charge in [0, 0.05) is 11.1 Å². The highest BCUT2D eigenvalue weighted by molar-refractivity contribution is 6.00. The monoisotopic (exact) mass is 380 g/mol. The van der Waals surface area contributed by atoms with Gasteiger partial charge in [-0.25, -0.2) is 4.79 Å². The third-order valence-electron chi connectivity index (χ3n) is 4.23. The number of carbonyl (C=O) groups excluding carboxylic acids is 2. The lowest BCUT2D eigenvalue weighted by molar-refractivity contribution is -0.147. The highest BCUT2D eigenvalue weighted by atomic mass is 16.5. The molecule has 0 unspecified atom stereocenters. The van der Waals surface area contributed by atoms with Gasteiger partial charge in [-0.2, -0.15) is 4.68 Å². The van der Waals surface area contributed by atoms with E-state index in [4.69, 9.17) is 9.15 Å². The fourth-order valence-electron chi connectivity index (χ4n) is 2.65. The topological polar surface area (TPSA) is 91.4 Å². The lowest BCUT2D eigenvalue weighted by Crippen LogP contribution is -2.29. The van der Waals surface area contributed by atoms with Crippen LogP contribution in [-0.2, 0) is 22.5 Å². The second-order valence-electron chi connectivity index (χ2n) is 6.24. The summed E-state index contributed by atoms with van der Waals surface area (Å²) in [5.74, 6) is -1.72. The largest absolute Gasteiger partial charge is 0.453 e. The van der Waals surface area contributed by atoms with Gasteiger partial charge in [0.25, 0.3) is 0 Å². The number of aromatic nitrogens is 2. The first-order chi connectivity index (χ1) is 13.5. The lowest BCUT2D eigenvalue weighted by Gasteiger charge is -2.12. The summed E-state index contributed by atoms with van der Waals surface area (Å²) in [6, 6.07) is 16.0. The molecule has 0 fully saturated rings. The molecule has 1 aromatic heterocycles. The molecule has 3 aromatic rings. The van der Waals surface area contributed by atoms with E-state index in [1.165, 1.54) is 6.92 Å². The Hall–Kier alpha value is -3.48. The smallest absolute Gasteiger partial charge is 0.437 e. The second-order valence-corrected chi connectivity index (χ2v) is 6.24. The van der Waals surface area contributed by atoms with Gasteiger partial charge in [0.2, 0.25) is 11.7 Å². The van der Waals surface area contributed by atoms with Crippen molar-refractivity contribution in [1.82, 2.24) is 9.78 Å². The van der Waals surface area contributed by atoms with Crippen molar-refractivity contribution in [2.24, 2.45) is 0 Å². The van der Waals surface area contributed by atoms with Crippen LogP contribution in [0, 0.1) is 0 Å². The number of carbonyl (C=O) groups is 2. The van der Waals surface area contributed by atoms with Crippen molar-refractivity contribution in [3.8, 4) is 11.5 Å². The molecule has 28 heavy (non-hydrogen) atoms. The maximum Gasteiger partial charge on any atom is 0.437 e. The number of aryl methyl sites for hydroxylation is 1. The molecule has 2 aromatic carbocycles. The SMILES string of the molecule is CCc1ccc(C(=O)[C@@H](C)OC(=O)Cn2nc(-c3ccccc3)oc2=O)cc1. The minimum Gasteiger partial charge on any atom is -0.453 e. The van der Waals surface area contributed by atoms with Crippen LogP contribution in [0.1, 0.15) is 29.8 Å². The summed E-state index contributed by atoms with van der Waals surface area (Å²) in [5.41, 5.74) is 2.19. The van der Waals surface area contributed by atoms with E-state index in [0.717, 1.165) is 16.7 Å². The lowest BCUT2D eigenvalue weighted by atomic mass is 10.0. The molecule has 0 aliphatic rings. The predicted molar refractivity (Wildman–Crippen MR) is 102 cm³/mol. The molecule has 0 radical (unpaired) electrons. The number of Topliss-reactive ketones (excluding diaryl/α,β-unsaturated/α-hetero) is 1. The molecular weight excluding hydrogens is 360 g/mol. The van der Waals surface area contributed by atoms with Gasteiger partial charge in [-0.1, -0.05) is 49.4 Å². The Morgan fingerprint density at radius 2 is 1.79 bits per heavy atom. The van der Waals surface area contributed by atoms with E-state index in [1.807, 2.05) is 25.1 Å². The predicted octanol–water partition coefficient (Wildman–Crippen LogP) is 2.88. The van der Waals surface area contributed by atoms with Crippen molar-refractivity contribution in [3.05, 3.63) is 76.3 Å². The molecule has 0 saturated heterocycles. The van der Waals surface area contributed by atoms with Gasteiger partial charge in [-0.3, -0.25) is 9.59 Å². The molecular formula is C21H20N2O5. The number of hydrogen-bond donors (Lipinski definition) is 0. The van der Waals surface area contributed by atoms with E-state index >= 15 is 0 Å². The van der Waals surface area contributed by atoms with Crippen LogP contribution in [0.25, 0.3) is 11.5 Å². The minimum atomic E-state index is -0.976. The molecule has 7 nitrogen and oxygen atoms in total. The van der Waals surface area contributed by atoms with Crippen LogP contribution in [0.2, 0.25) is 0 Å². The van der Waals surface area contributed by atoms with Crippen molar-refractivity contribution in [2.45, 2.75) is 32.9 Å². The summed E-state index contributed by atoms with van der Waals surface area (Å²) in [6.45, 7) is 3.08. The van der Waals surface area contributed by atoms with Gasteiger partial charge in [-0.05, 0) is 31.0 Å². The number of ether oxygens (including phenoxy) is 1. The van der Waals surface area contributed by atoms with Gasteiger partial charge in [0.15, 0.2) is 6.10 Å². The molecule has 0 saturated carbocycles. The van der Waals surface area contributed by atoms with Crippen molar-refractivity contribution in [3.63, 3.8) is 0 Å². The number of ketones is 1. The standard InChI is InChI=1S/C21H20N2O5/c1-3-15-9-11-16(12-10-15)19(25)14(2)27-18(24)13-23-21(26)28-20(22-23)17-7-5-4-6-8-17/h4-12,14H,3,13H2,1-2H3/t14-/m1/s1. The molecule has 3 rings (SSSR count). The number of esters is 1. The third-order valence-corrected chi connectivity index (χ3v) is 4.23. The van der Waals surface area contributed by atoms with E-state index in [1.54, 1.807) is 36.4 Å². The van der Waals surface area contributed by atoms with Crippen molar-refractivity contribution < 1.29 is 18.7 Å². The van der Waals surface area contributed by atoms with Gasteiger partial charge < -0.3 is 9.15 Å². The van der Waals surface area contributed by atoms with E-state index < -0.39 is 24.4 Å². The first kappa shape index (κ1) is 19.3. The molecule has 1 heterocycles. The normalized spacial score (nSPS) is 11.8. The first-order valence-electron chi connectivity index (χ1n) is 8.94. The van der Waals surface area contributed by atoms with Crippen LogP contribution >= 0.6 is 0 Å². The maximum absolute atomic E-state index is 12.4. The summed E-state index contributed by atoms with van der Waals surface area (Å²) in [6.07, 6.45) is -0.104. The van der Waals surface area contributed by atoms with Crippen molar-refractivity contribution >= 4 is 11.8 Å². The first-order valence-corrected chi connectivity index (χ1v) is 8.94. The Kier molecular flexibility index (Phi) is 5.84. The molecule has 7 heteroatoms. The number of rotatable bonds is 7. The highest BCUT2D eigenvalue weighted by Crippen LogP contribution is 2.14. The second kappa shape index (κ2) is 8.47. The Morgan fingerprint density at radius 1 is 1.11 bits per heavy atom. The summed E-state index contributed by atoms with van der Waals surface area (Å²) in [5, 5.41) is 4.00. The van der Waals surface area contributed by atoms with E-state index in [-0.39, 0.29) is 11.7 Å². The van der Waals surface area contributed by atoms with E-state index in [2.05, 4.69) is 5.10 Å². The summed E-state index contributed by atoms with van der Waals surface area (Å²) < 4.78 is 11.1. The summed E-state index contributed by atoms with van der Waals surface area (Å²) in [4.78, 5) is 36.5. The number of hydrogen-bond acceptors (Lipinski definition) is 6. The van der Waals surface area contributed by atoms with Gasteiger partial charge in [0.05, 0.1) is 0 Å². The zero-order valence-electron chi connectivity index (χ0n) is 15.6. The van der Waals surface area contributed by atoms with E-state index in [9.17, 15) is 14.4 Å². The van der Waals surface area contributed by atoms with Crippen molar-refractivity contribution in [1.29, 1.82) is 0 Å². The van der Waals surface area contributed by atoms with Gasteiger partial charge in [0.1, 0.15) is 6.54 Å². The zero-order chi connectivity index (χ0) is 20.1. The average molecular weight is 380 g/mol. The Morgan fingerprint density at radius 3 is 2.43 bits per heavy atom. The van der Waals surface area contributed by atoms with Crippen LogP contribution in [0.15, 0.2) is 63.8 Å². The van der Waals surface area contributed by atoms with Crippen LogP contribution in [0.5, 0.6) is 0 Å². The minimum absolute atomic E-state index is 0.110. The fourth-order valence-corrected chi connectivity index (χ4v) is 2.65. The van der Waals surface area contributed by atoms with Crippen LogP contribution < -0.4 is 5.76 Å². The Bertz CT molecular complexity index is 1020. The third kappa shape index (κ3) is 4.43. The summed E-state index contributed by atoms with van der Waals surface area (Å²) in [7, 11) is 0. The van der Waals surface area contributed by atoms with Gasteiger partial charge >= 0.3 is 11.7 Å². The zero-order valence-corrected chi connectivity index (χ0v) is 15.6. The van der Waals surface area contributed by atoms with Crippen molar-refractivity contribution in [2.75, 3.05) is 0 Å².